The van der Waals surface area contributed by atoms with Crippen molar-refractivity contribution in [3.63, 3.8) is 0 Å². The highest BCUT2D eigenvalue weighted by atomic mass is 16.3. The van der Waals surface area contributed by atoms with Crippen molar-refractivity contribution in [3.05, 3.63) is 0 Å². The highest BCUT2D eigenvalue weighted by Crippen LogP contribution is 2.19. The third-order valence-corrected chi connectivity index (χ3v) is 3.53. The van der Waals surface area contributed by atoms with E-state index in [1.54, 1.807) is 0 Å². The van der Waals surface area contributed by atoms with Crippen LogP contribution >= 0.6 is 0 Å². The minimum Gasteiger partial charge on any atom is -0.395 e. The van der Waals surface area contributed by atoms with E-state index in [0.29, 0.717) is 12.5 Å². The standard InChI is InChI=1S/C12H22N2O2/c15-9-11-3-1-2-7-14(11)8-6-12(16)13-10-4-5-10/h10-11,15H,1-9H2,(H,13,16). The van der Waals surface area contributed by atoms with Crippen LogP contribution in [0.3, 0.4) is 0 Å². The molecule has 1 amide bonds. The molecule has 0 aromatic rings. The van der Waals surface area contributed by atoms with Gasteiger partial charge in [0, 0.05) is 25.0 Å². The van der Waals surface area contributed by atoms with Crippen LogP contribution in [0.1, 0.15) is 38.5 Å². The number of likely N-dealkylation sites (tertiary alicyclic amines) is 1. The van der Waals surface area contributed by atoms with Crippen molar-refractivity contribution in [1.29, 1.82) is 0 Å². The molecular weight excluding hydrogens is 204 g/mol. The highest BCUT2D eigenvalue weighted by molar-refractivity contribution is 5.76. The Morgan fingerprint density at radius 3 is 2.81 bits per heavy atom. The van der Waals surface area contributed by atoms with Crippen LogP contribution in [0.25, 0.3) is 0 Å². The molecule has 1 unspecified atom stereocenters. The fourth-order valence-electron chi connectivity index (χ4n) is 2.33. The van der Waals surface area contributed by atoms with E-state index >= 15 is 0 Å². The molecule has 16 heavy (non-hydrogen) atoms. The van der Waals surface area contributed by atoms with Crippen molar-refractivity contribution in [3.8, 4) is 0 Å². The Balaban J connectivity index is 1.68. The number of rotatable bonds is 5. The lowest BCUT2D eigenvalue weighted by Gasteiger charge is -2.34. The molecule has 0 aromatic heterocycles. The monoisotopic (exact) mass is 226 g/mol. The molecule has 1 heterocycles. The second-order valence-electron chi connectivity index (χ2n) is 4.96. The maximum atomic E-state index is 11.5. The summed E-state index contributed by atoms with van der Waals surface area (Å²) in [5.74, 6) is 0.171. The van der Waals surface area contributed by atoms with Crippen LogP contribution in [-0.4, -0.2) is 47.7 Å². The molecule has 0 bridgehead atoms. The number of piperidine rings is 1. The number of carbonyl (C=O) groups excluding carboxylic acids is 1. The summed E-state index contributed by atoms with van der Waals surface area (Å²) in [5.41, 5.74) is 0. The number of nitrogens with zero attached hydrogens (tertiary/aromatic N) is 1. The topological polar surface area (TPSA) is 52.6 Å². The van der Waals surface area contributed by atoms with E-state index in [1.165, 1.54) is 12.8 Å². The van der Waals surface area contributed by atoms with E-state index in [9.17, 15) is 9.90 Å². The second-order valence-corrected chi connectivity index (χ2v) is 4.96. The van der Waals surface area contributed by atoms with Gasteiger partial charge in [-0.2, -0.15) is 0 Å². The van der Waals surface area contributed by atoms with Gasteiger partial charge in [0.2, 0.25) is 5.91 Å². The quantitative estimate of drug-likeness (QED) is 0.718. The Hall–Kier alpha value is -0.610. The van der Waals surface area contributed by atoms with Gasteiger partial charge in [-0.1, -0.05) is 6.42 Å². The maximum Gasteiger partial charge on any atom is 0.221 e. The van der Waals surface area contributed by atoms with E-state index in [1.807, 2.05) is 0 Å². The van der Waals surface area contributed by atoms with Crippen LogP contribution in [0.5, 0.6) is 0 Å². The number of hydrogen-bond donors (Lipinski definition) is 2. The second kappa shape index (κ2) is 5.64. The third kappa shape index (κ3) is 3.46. The van der Waals surface area contributed by atoms with Gasteiger partial charge in [0.25, 0.3) is 0 Å². The summed E-state index contributed by atoms with van der Waals surface area (Å²) in [4.78, 5) is 13.8. The molecule has 2 aliphatic rings. The molecule has 0 aromatic carbocycles. The third-order valence-electron chi connectivity index (χ3n) is 3.53. The van der Waals surface area contributed by atoms with Gasteiger partial charge >= 0.3 is 0 Å². The van der Waals surface area contributed by atoms with Crippen molar-refractivity contribution in [2.45, 2.75) is 50.6 Å². The first-order valence-corrected chi connectivity index (χ1v) is 6.44. The van der Waals surface area contributed by atoms with E-state index in [2.05, 4.69) is 10.2 Å². The Bertz CT molecular complexity index is 241. The zero-order valence-corrected chi connectivity index (χ0v) is 9.82. The lowest BCUT2D eigenvalue weighted by molar-refractivity contribution is -0.121. The molecule has 92 valence electrons. The van der Waals surface area contributed by atoms with Crippen molar-refractivity contribution in [1.82, 2.24) is 10.2 Å². The molecule has 0 spiro atoms. The van der Waals surface area contributed by atoms with Crippen molar-refractivity contribution in [2.75, 3.05) is 19.7 Å². The molecule has 2 fully saturated rings. The minimum atomic E-state index is 0.171. The number of aliphatic hydroxyl groups excluding tert-OH is 1. The molecule has 2 N–H and O–H groups in total. The summed E-state index contributed by atoms with van der Waals surface area (Å²) in [7, 11) is 0. The fraction of sp³-hybridized carbons (Fsp3) is 0.917. The number of hydrogen-bond acceptors (Lipinski definition) is 3. The van der Waals surface area contributed by atoms with Crippen LogP contribution in [0, 0.1) is 0 Å². The van der Waals surface area contributed by atoms with E-state index in [4.69, 9.17) is 0 Å². The maximum absolute atomic E-state index is 11.5. The van der Waals surface area contributed by atoms with Gasteiger partial charge in [-0.25, -0.2) is 0 Å². The summed E-state index contributed by atoms with van der Waals surface area (Å²) >= 11 is 0. The SMILES string of the molecule is O=C(CCN1CCCCC1CO)NC1CC1. The van der Waals surface area contributed by atoms with Gasteiger partial charge in [0.05, 0.1) is 6.61 Å². The Labute approximate surface area is 97.0 Å². The fourth-order valence-corrected chi connectivity index (χ4v) is 2.33. The summed E-state index contributed by atoms with van der Waals surface area (Å²) < 4.78 is 0. The molecule has 4 heteroatoms. The number of nitrogens with one attached hydrogen (secondary N) is 1. The Morgan fingerprint density at radius 1 is 1.31 bits per heavy atom. The molecule has 1 saturated carbocycles. The van der Waals surface area contributed by atoms with Crippen LogP contribution < -0.4 is 5.32 Å². The van der Waals surface area contributed by atoms with E-state index in [0.717, 1.165) is 32.4 Å². The summed E-state index contributed by atoms with van der Waals surface area (Å²) in [5, 5.41) is 12.2. The Kier molecular flexibility index (Phi) is 4.18. The first kappa shape index (κ1) is 11.9. The van der Waals surface area contributed by atoms with Gasteiger partial charge < -0.3 is 10.4 Å². The first-order valence-electron chi connectivity index (χ1n) is 6.44. The van der Waals surface area contributed by atoms with Crippen molar-refractivity contribution < 1.29 is 9.90 Å². The zero-order valence-electron chi connectivity index (χ0n) is 9.82. The molecule has 4 nitrogen and oxygen atoms in total. The summed E-state index contributed by atoms with van der Waals surface area (Å²) in [6, 6.07) is 0.741. The lowest BCUT2D eigenvalue weighted by Crippen LogP contribution is -2.43. The number of aliphatic hydroxyl groups is 1. The molecule has 2 rings (SSSR count). The van der Waals surface area contributed by atoms with Crippen LogP contribution in [0.4, 0.5) is 0 Å². The normalized spacial score (nSPS) is 26.7. The minimum absolute atomic E-state index is 0.171. The molecule has 0 radical (unpaired) electrons. The van der Waals surface area contributed by atoms with E-state index in [-0.39, 0.29) is 18.6 Å². The van der Waals surface area contributed by atoms with Crippen LogP contribution in [-0.2, 0) is 4.79 Å². The molecule has 1 atom stereocenters. The average Bonchev–Trinajstić information content (AvgIpc) is 3.10. The number of carbonyl (C=O) groups is 1. The van der Waals surface area contributed by atoms with E-state index < -0.39 is 0 Å². The van der Waals surface area contributed by atoms with Gasteiger partial charge in [-0.3, -0.25) is 9.69 Å². The molecule has 1 aliphatic heterocycles. The predicted molar refractivity (Wildman–Crippen MR) is 62.1 cm³/mol. The van der Waals surface area contributed by atoms with Gasteiger partial charge in [-0.15, -0.1) is 0 Å². The van der Waals surface area contributed by atoms with Crippen molar-refractivity contribution in [2.24, 2.45) is 0 Å². The smallest absolute Gasteiger partial charge is 0.221 e. The zero-order chi connectivity index (χ0) is 11.4. The first-order chi connectivity index (χ1) is 7.79. The van der Waals surface area contributed by atoms with Crippen LogP contribution in [0.2, 0.25) is 0 Å². The van der Waals surface area contributed by atoms with Crippen LogP contribution in [0.15, 0.2) is 0 Å². The van der Waals surface area contributed by atoms with Gasteiger partial charge in [-0.05, 0) is 32.2 Å². The molecular formula is C12H22N2O2. The number of amides is 1. The average molecular weight is 226 g/mol. The summed E-state index contributed by atoms with van der Waals surface area (Å²) in [6.45, 7) is 2.05. The highest BCUT2D eigenvalue weighted by Gasteiger charge is 2.25. The van der Waals surface area contributed by atoms with Crippen molar-refractivity contribution >= 4 is 5.91 Å². The molecule has 1 aliphatic carbocycles. The predicted octanol–water partition coefficient (Wildman–Crippen LogP) is 0.502. The largest absolute Gasteiger partial charge is 0.395 e. The van der Waals surface area contributed by atoms with Gasteiger partial charge in [0.15, 0.2) is 0 Å². The van der Waals surface area contributed by atoms with Gasteiger partial charge in [0.1, 0.15) is 0 Å². The Morgan fingerprint density at radius 2 is 2.12 bits per heavy atom. The molecule has 1 saturated heterocycles. The lowest BCUT2D eigenvalue weighted by atomic mass is 10.0. The summed E-state index contributed by atoms with van der Waals surface area (Å²) in [6.07, 6.45) is 6.34.